The summed E-state index contributed by atoms with van der Waals surface area (Å²) in [5, 5.41) is 3.68. The maximum absolute atomic E-state index is 12.9. The highest BCUT2D eigenvalue weighted by molar-refractivity contribution is 5.85. The van der Waals surface area contributed by atoms with E-state index in [4.69, 9.17) is 4.74 Å². The summed E-state index contributed by atoms with van der Waals surface area (Å²) in [5.41, 5.74) is 2.15. The molecule has 4 fully saturated rings. The quantitative estimate of drug-likeness (QED) is 0.847. The molecule has 5 rings (SSSR count). The lowest BCUT2D eigenvalue weighted by Gasteiger charge is -2.39. The van der Waals surface area contributed by atoms with Gasteiger partial charge in [-0.3, -0.25) is 10.1 Å². The number of fused-ring (bicyclic) bond motifs is 7. The van der Waals surface area contributed by atoms with Crippen molar-refractivity contribution in [3.8, 4) is 0 Å². The zero-order valence-corrected chi connectivity index (χ0v) is 12.2. The van der Waals surface area contributed by atoms with Crippen molar-refractivity contribution < 1.29 is 9.53 Å². The third kappa shape index (κ3) is 1.31. The minimum atomic E-state index is -0.324. The molecule has 1 N–H and O–H groups in total. The normalized spacial score (nSPS) is 43.5. The molecule has 0 saturated carbocycles. The monoisotopic (exact) mass is 284 g/mol. The van der Waals surface area contributed by atoms with E-state index in [-0.39, 0.29) is 29.7 Å². The average molecular weight is 284 g/mol. The van der Waals surface area contributed by atoms with Crippen molar-refractivity contribution in [2.45, 2.75) is 37.6 Å². The van der Waals surface area contributed by atoms with Crippen molar-refractivity contribution >= 4 is 5.91 Å². The Kier molecular flexibility index (Phi) is 2.25. The van der Waals surface area contributed by atoms with Gasteiger partial charge in [0.15, 0.2) is 0 Å². The number of nitrogens with zero attached hydrogens (tertiary/aromatic N) is 1. The van der Waals surface area contributed by atoms with Gasteiger partial charge in [0.2, 0.25) is 5.91 Å². The lowest BCUT2D eigenvalue weighted by Crippen LogP contribution is -2.52. The molecule has 0 aromatic heterocycles. The van der Waals surface area contributed by atoms with Gasteiger partial charge in [-0.2, -0.15) is 0 Å². The maximum Gasteiger partial charge on any atom is 0.230 e. The molecule has 5 atom stereocenters. The summed E-state index contributed by atoms with van der Waals surface area (Å²) in [5.74, 6) is 0.643. The summed E-state index contributed by atoms with van der Waals surface area (Å²) in [7, 11) is 0. The summed E-state index contributed by atoms with van der Waals surface area (Å²) in [6.45, 7) is 3.80. The van der Waals surface area contributed by atoms with Gasteiger partial charge in [-0.15, -0.1) is 0 Å². The van der Waals surface area contributed by atoms with Crippen molar-refractivity contribution in [2.75, 3.05) is 13.1 Å². The molecule has 1 amide bonds. The minimum Gasteiger partial charge on any atom is -0.374 e. The van der Waals surface area contributed by atoms with Crippen LogP contribution < -0.4 is 5.32 Å². The predicted molar refractivity (Wildman–Crippen MR) is 77.4 cm³/mol. The first kappa shape index (κ1) is 12.2. The first-order valence-corrected chi connectivity index (χ1v) is 8.01. The molecule has 110 valence electrons. The van der Waals surface area contributed by atoms with Gasteiger partial charge >= 0.3 is 0 Å². The fourth-order valence-corrected chi connectivity index (χ4v) is 5.17. The van der Waals surface area contributed by atoms with E-state index >= 15 is 0 Å². The summed E-state index contributed by atoms with van der Waals surface area (Å²) >= 11 is 0. The molecule has 4 aliphatic heterocycles. The number of rotatable bonds is 1. The molecule has 4 aliphatic rings. The minimum absolute atomic E-state index is 0.0675. The van der Waals surface area contributed by atoms with Crippen LogP contribution >= 0.6 is 0 Å². The van der Waals surface area contributed by atoms with Crippen LogP contribution in [0.4, 0.5) is 0 Å². The van der Waals surface area contributed by atoms with Gasteiger partial charge in [0.05, 0.1) is 18.1 Å². The molecule has 21 heavy (non-hydrogen) atoms. The lowest BCUT2D eigenvalue weighted by atomic mass is 9.73. The average Bonchev–Trinajstić information content (AvgIpc) is 3.22. The Morgan fingerprint density at radius 2 is 2.00 bits per heavy atom. The van der Waals surface area contributed by atoms with Gasteiger partial charge in [0.25, 0.3) is 0 Å². The Labute approximate surface area is 124 Å². The predicted octanol–water partition coefficient (Wildman–Crippen LogP) is 1.39. The maximum atomic E-state index is 12.9. The molecule has 0 aliphatic carbocycles. The van der Waals surface area contributed by atoms with Crippen LogP contribution in [0.1, 0.15) is 24.0 Å². The second kappa shape index (κ2) is 3.87. The first-order chi connectivity index (χ1) is 10.2. The Hall–Kier alpha value is -1.39. The van der Waals surface area contributed by atoms with E-state index in [9.17, 15) is 4.79 Å². The van der Waals surface area contributed by atoms with Gasteiger partial charge < -0.3 is 9.64 Å². The number of hydrogen-bond acceptors (Lipinski definition) is 3. The molecule has 0 spiro atoms. The molecular formula is C17H20N2O2. The second-order valence-corrected chi connectivity index (χ2v) is 6.89. The molecule has 1 aromatic rings. The summed E-state index contributed by atoms with van der Waals surface area (Å²) < 4.78 is 6.10. The molecule has 4 nitrogen and oxygen atoms in total. The third-order valence-corrected chi connectivity index (χ3v) is 5.95. The van der Waals surface area contributed by atoms with Crippen LogP contribution in [0.5, 0.6) is 0 Å². The van der Waals surface area contributed by atoms with E-state index in [2.05, 4.69) is 41.4 Å². The van der Waals surface area contributed by atoms with Crippen molar-refractivity contribution in [3.63, 3.8) is 0 Å². The Bertz CT molecular complexity index is 614. The molecule has 4 heteroatoms. The fraction of sp³-hybridized carbons (Fsp3) is 0.588. The molecule has 4 saturated heterocycles. The van der Waals surface area contributed by atoms with Crippen LogP contribution in [0.25, 0.3) is 0 Å². The van der Waals surface area contributed by atoms with Crippen LogP contribution in [-0.4, -0.2) is 36.1 Å². The Balaban J connectivity index is 1.69. The topological polar surface area (TPSA) is 41.6 Å². The molecule has 0 radical (unpaired) electrons. The smallest absolute Gasteiger partial charge is 0.230 e. The van der Waals surface area contributed by atoms with Crippen LogP contribution in [-0.2, 0) is 15.2 Å². The van der Waals surface area contributed by atoms with Gasteiger partial charge in [-0.25, -0.2) is 0 Å². The Morgan fingerprint density at radius 1 is 1.24 bits per heavy atom. The van der Waals surface area contributed by atoms with Crippen LogP contribution in [0.3, 0.4) is 0 Å². The Morgan fingerprint density at radius 3 is 2.81 bits per heavy atom. The van der Waals surface area contributed by atoms with E-state index in [1.165, 1.54) is 11.1 Å². The fourth-order valence-electron chi connectivity index (χ4n) is 5.17. The van der Waals surface area contributed by atoms with Crippen molar-refractivity contribution in [1.29, 1.82) is 0 Å². The second-order valence-electron chi connectivity index (χ2n) is 6.89. The van der Waals surface area contributed by atoms with Crippen LogP contribution in [0.15, 0.2) is 24.3 Å². The number of benzene rings is 1. The highest BCUT2D eigenvalue weighted by Gasteiger charge is 2.70. The lowest BCUT2D eigenvalue weighted by molar-refractivity contribution is -0.135. The van der Waals surface area contributed by atoms with Crippen molar-refractivity contribution in [3.05, 3.63) is 35.4 Å². The van der Waals surface area contributed by atoms with Gasteiger partial charge in [0.1, 0.15) is 5.66 Å². The van der Waals surface area contributed by atoms with E-state index in [1.54, 1.807) is 0 Å². The number of carbonyl (C=O) groups is 1. The first-order valence-electron chi connectivity index (χ1n) is 8.01. The summed E-state index contributed by atoms with van der Waals surface area (Å²) in [6.07, 6.45) is 2.54. The van der Waals surface area contributed by atoms with E-state index in [0.29, 0.717) is 5.91 Å². The summed E-state index contributed by atoms with van der Waals surface area (Å²) in [6, 6.07) is 8.66. The largest absolute Gasteiger partial charge is 0.374 e. The standard InChI is InChI=1S/C17H20N2O2/c1-10-2-4-11(5-3-10)17-15-13-7-6-12(21-13)14(15)16(20)19(17)9-8-18-17/h2-5,12-15,18H,6-9H2,1H3/t12-,13+,14-,15+,17?/m1/s1. The zero-order chi connectivity index (χ0) is 14.2. The van der Waals surface area contributed by atoms with Gasteiger partial charge in [0, 0.05) is 19.0 Å². The number of amides is 1. The van der Waals surface area contributed by atoms with E-state index in [1.807, 2.05) is 0 Å². The third-order valence-electron chi connectivity index (χ3n) is 5.95. The SMILES string of the molecule is Cc1ccc(C23NCCN2C(=O)[C@H]2[C@@H]3[C@@H]3CC[C@H]2O3)cc1. The van der Waals surface area contributed by atoms with Crippen molar-refractivity contribution in [2.24, 2.45) is 11.8 Å². The molecule has 1 unspecified atom stereocenters. The molecule has 4 heterocycles. The van der Waals surface area contributed by atoms with Crippen LogP contribution in [0, 0.1) is 18.8 Å². The zero-order valence-electron chi connectivity index (χ0n) is 12.2. The van der Waals surface area contributed by atoms with Gasteiger partial charge in [-0.05, 0) is 25.3 Å². The highest BCUT2D eigenvalue weighted by Crippen LogP contribution is 2.58. The number of carbonyl (C=O) groups excluding carboxylic acids is 1. The highest BCUT2D eigenvalue weighted by atomic mass is 16.5. The molecular weight excluding hydrogens is 264 g/mol. The van der Waals surface area contributed by atoms with Crippen LogP contribution in [0.2, 0.25) is 0 Å². The van der Waals surface area contributed by atoms with Gasteiger partial charge in [-0.1, -0.05) is 29.8 Å². The number of aryl methyl sites for hydroxylation is 1. The summed E-state index contributed by atoms with van der Waals surface area (Å²) in [4.78, 5) is 15.0. The van der Waals surface area contributed by atoms with Crippen molar-refractivity contribution in [1.82, 2.24) is 10.2 Å². The van der Waals surface area contributed by atoms with E-state index < -0.39 is 0 Å². The number of nitrogens with one attached hydrogen (secondary N) is 1. The number of ether oxygens (including phenoxy) is 1. The van der Waals surface area contributed by atoms with E-state index in [0.717, 1.165) is 25.9 Å². The molecule has 1 aromatic carbocycles. The number of hydrogen-bond donors (Lipinski definition) is 1. The molecule has 2 bridgehead atoms.